The van der Waals surface area contributed by atoms with E-state index in [4.69, 9.17) is 10.5 Å². The second kappa shape index (κ2) is 6.19. The summed E-state index contributed by atoms with van der Waals surface area (Å²) in [7, 11) is 0. The SMILES string of the molecule is CC(C)(C)OC(=O)[C@@H](N)CCC(C(F)(F)F)C(F)(F)F. The molecule has 0 amide bonds. The van der Waals surface area contributed by atoms with E-state index in [0.717, 1.165) is 0 Å². The third kappa shape index (κ3) is 6.97. The van der Waals surface area contributed by atoms with Gasteiger partial charge in [-0.05, 0) is 33.6 Å². The van der Waals surface area contributed by atoms with Gasteiger partial charge in [-0.25, -0.2) is 0 Å². The van der Waals surface area contributed by atoms with Crippen LogP contribution < -0.4 is 5.73 Å². The van der Waals surface area contributed by atoms with Crippen LogP contribution in [-0.2, 0) is 9.53 Å². The summed E-state index contributed by atoms with van der Waals surface area (Å²) in [6, 6.07) is -1.53. The Labute approximate surface area is 112 Å². The lowest BCUT2D eigenvalue weighted by molar-refractivity contribution is -0.286. The van der Waals surface area contributed by atoms with E-state index in [1.54, 1.807) is 0 Å². The van der Waals surface area contributed by atoms with Crippen LogP contribution in [0.5, 0.6) is 0 Å². The Morgan fingerprint density at radius 2 is 1.40 bits per heavy atom. The number of nitrogens with two attached hydrogens (primary N) is 1. The van der Waals surface area contributed by atoms with E-state index in [2.05, 4.69) is 0 Å². The first kappa shape index (κ1) is 19.0. The summed E-state index contributed by atoms with van der Waals surface area (Å²) in [4.78, 5) is 11.4. The number of alkyl halides is 6. The summed E-state index contributed by atoms with van der Waals surface area (Å²) >= 11 is 0. The molecule has 0 aliphatic carbocycles. The van der Waals surface area contributed by atoms with Crippen molar-refractivity contribution in [2.24, 2.45) is 11.7 Å². The number of hydrogen-bond donors (Lipinski definition) is 1. The molecule has 0 aliphatic heterocycles. The fraction of sp³-hybridized carbons (Fsp3) is 0.909. The second-order valence-corrected chi connectivity index (χ2v) is 5.35. The van der Waals surface area contributed by atoms with Crippen LogP contribution in [0.1, 0.15) is 33.6 Å². The van der Waals surface area contributed by atoms with Crippen molar-refractivity contribution in [3.63, 3.8) is 0 Å². The molecule has 0 unspecified atom stereocenters. The number of hydrogen-bond acceptors (Lipinski definition) is 3. The van der Waals surface area contributed by atoms with Crippen LogP contribution in [0.2, 0.25) is 0 Å². The van der Waals surface area contributed by atoms with Crippen molar-refractivity contribution in [1.29, 1.82) is 0 Å². The molecular formula is C11H17F6NO2. The van der Waals surface area contributed by atoms with Crippen molar-refractivity contribution >= 4 is 5.97 Å². The van der Waals surface area contributed by atoms with Crippen LogP contribution in [0, 0.1) is 5.92 Å². The van der Waals surface area contributed by atoms with Gasteiger partial charge in [-0.3, -0.25) is 4.79 Å². The van der Waals surface area contributed by atoms with Crippen LogP contribution in [0.4, 0.5) is 26.3 Å². The predicted octanol–water partition coefficient (Wildman–Crippen LogP) is 3.18. The smallest absolute Gasteiger partial charge is 0.400 e. The lowest BCUT2D eigenvalue weighted by Gasteiger charge is -2.25. The van der Waals surface area contributed by atoms with Crippen molar-refractivity contribution < 1.29 is 35.9 Å². The third-order valence-corrected chi connectivity index (χ3v) is 2.27. The second-order valence-electron chi connectivity index (χ2n) is 5.35. The number of ether oxygens (including phenoxy) is 1. The third-order valence-electron chi connectivity index (χ3n) is 2.27. The van der Waals surface area contributed by atoms with Gasteiger partial charge in [0.05, 0.1) is 0 Å². The van der Waals surface area contributed by atoms with Crippen LogP contribution in [-0.4, -0.2) is 30.0 Å². The normalized spacial score (nSPS) is 15.3. The van der Waals surface area contributed by atoms with E-state index in [9.17, 15) is 31.1 Å². The highest BCUT2D eigenvalue weighted by Gasteiger charge is 2.56. The summed E-state index contributed by atoms with van der Waals surface area (Å²) in [5.74, 6) is -4.52. The number of carbonyl (C=O) groups excluding carboxylic acids is 1. The minimum Gasteiger partial charge on any atom is -0.459 e. The minimum absolute atomic E-state index is 0.765. The van der Waals surface area contributed by atoms with Gasteiger partial charge in [0.1, 0.15) is 11.6 Å². The molecule has 20 heavy (non-hydrogen) atoms. The first-order chi connectivity index (χ1) is 8.64. The van der Waals surface area contributed by atoms with Gasteiger partial charge in [-0.15, -0.1) is 0 Å². The van der Waals surface area contributed by atoms with Crippen molar-refractivity contribution in [2.75, 3.05) is 0 Å². The number of halogens is 6. The van der Waals surface area contributed by atoms with E-state index >= 15 is 0 Å². The zero-order valence-corrected chi connectivity index (χ0v) is 11.2. The van der Waals surface area contributed by atoms with Crippen LogP contribution >= 0.6 is 0 Å². The maximum Gasteiger partial charge on any atom is 0.400 e. The molecule has 0 aromatic carbocycles. The van der Waals surface area contributed by atoms with E-state index in [-0.39, 0.29) is 0 Å². The predicted molar refractivity (Wildman–Crippen MR) is 58.7 cm³/mol. The average molecular weight is 309 g/mol. The molecule has 2 N–H and O–H groups in total. The van der Waals surface area contributed by atoms with Crippen molar-refractivity contribution in [2.45, 2.75) is 57.6 Å². The van der Waals surface area contributed by atoms with E-state index in [0.29, 0.717) is 0 Å². The Kier molecular flexibility index (Phi) is 5.89. The molecule has 0 bridgehead atoms. The molecule has 0 heterocycles. The number of carbonyl (C=O) groups is 1. The average Bonchev–Trinajstić information content (AvgIpc) is 2.09. The van der Waals surface area contributed by atoms with Gasteiger partial charge in [0.2, 0.25) is 0 Å². The van der Waals surface area contributed by atoms with Gasteiger partial charge >= 0.3 is 18.3 Å². The molecule has 0 rings (SSSR count). The zero-order valence-electron chi connectivity index (χ0n) is 11.2. The van der Waals surface area contributed by atoms with Gasteiger partial charge in [-0.2, -0.15) is 26.3 Å². The summed E-state index contributed by atoms with van der Waals surface area (Å²) in [5, 5.41) is 0. The van der Waals surface area contributed by atoms with Gasteiger partial charge < -0.3 is 10.5 Å². The van der Waals surface area contributed by atoms with Crippen LogP contribution in [0.25, 0.3) is 0 Å². The highest BCUT2D eigenvalue weighted by atomic mass is 19.4. The maximum absolute atomic E-state index is 12.3. The van der Waals surface area contributed by atoms with Gasteiger partial charge in [0, 0.05) is 0 Å². The molecular weight excluding hydrogens is 292 g/mol. The Morgan fingerprint density at radius 3 is 1.70 bits per heavy atom. The number of esters is 1. The fourth-order valence-corrected chi connectivity index (χ4v) is 1.35. The number of rotatable bonds is 4. The monoisotopic (exact) mass is 309 g/mol. The standard InChI is InChI=1S/C11H17F6NO2/c1-9(2,3)20-8(19)6(18)4-5-7(10(12,13)14)11(15,16)17/h6-7H,4-5,18H2,1-3H3/t6-/m0/s1. The molecule has 0 aromatic heterocycles. The highest BCUT2D eigenvalue weighted by molar-refractivity contribution is 5.75. The summed E-state index contributed by atoms with van der Waals surface area (Å²) in [6.07, 6.45) is -12.9. The topological polar surface area (TPSA) is 52.3 Å². The summed E-state index contributed by atoms with van der Waals surface area (Å²) in [5.41, 5.74) is 4.34. The van der Waals surface area contributed by atoms with E-state index in [1.165, 1.54) is 20.8 Å². The molecule has 0 aromatic rings. The Morgan fingerprint density at radius 1 is 1.00 bits per heavy atom. The maximum atomic E-state index is 12.3. The lowest BCUT2D eigenvalue weighted by atomic mass is 9.99. The fourth-order valence-electron chi connectivity index (χ4n) is 1.35. The molecule has 3 nitrogen and oxygen atoms in total. The highest BCUT2D eigenvalue weighted by Crippen LogP contribution is 2.42. The van der Waals surface area contributed by atoms with Crippen molar-refractivity contribution in [3.8, 4) is 0 Å². The van der Waals surface area contributed by atoms with Crippen LogP contribution in [0.3, 0.4) is 0 Å². The molecule has 0 saturated carbocycles. The molecule has 1 atom stereocenters. The molecule has 0 spiro atoms. The minimum atomic E-state index is -5.42. The van der Waals surface area contributed by atoms with Crippen LogP contribution in [0.15, 0.2) is 0 Å². The molecule has 0 radical (unpaired) electrons. The summed E-state index contributed by atoms with van der Waals surface area (Å²) < 4.78 is 78.3. The molecule has 0 aliphatic rings. The largest absolute Gasteiger partial charge is 0.459 e. The Hall–Kier alpha value is -0.990. The van der Waals surface area contributed by atoms with Crippen molar-refractivity contribution in [1.82, 2.24) is 0 Å². The van der Waals surface area contributed by atoms with E-state index in [1.807, 2.05) is 0 Å². The molecule has 9 heteroatoms. The Bertz CT molecular complexity index is 317. The van der Waals surface area contributed by atoms with Gasteiger partial charge in [0.15, 0.2) is 5.92 Å². The first-order valence-corrected chi connectivity index (χ1v) is 5.76. The molecule has 0 fully saturated rings. The van der Waals surface area contributed by atoms with Gasteiger partial charge in [-0.1, -0.05) is 0 Å². The van der Waals surface area contributed by atoms with Gasteiger partial charge in [0.25, 0.3) is 0 Å². The zero-order chi connectivity index (χ0) is 16.4. The first-order valence-electron chi connectivity index (χ1n) is 5.76. The Balaban J connectivity index is 4.62. The molecule has 120 valence electrons. The quantitative estimate of drug-likeness (QED) is 0.641. The summed E-state index contributed by atoms with van der Waals surface area (Å²) in [6.45, 7) is 4.52. The van der Waals surface area contributed by atoms with E-state index < -0.39 is 48.7 Å². The molecule has 0 saturated heterocycles. The lowest BCUT2D eigenvalue weighted by Crippen LogP contribution is -2.41. The van der Waals surface area contributed by atoms with Crippen molar-refractivity contribution in [3.05, 3.63) is 0 Å².